The maximum Gasteiger partial charge on any atom is 0.362 e. The predicted molar refractivity (Wildman–Crippen MR) is 266 cm³/mol. The van der Waals surface area contributed by atoms with E-state index in [1.165, 1.54) is 161 Å². The van der Waals surface area contributed by atoms with Gasteiger partial charge in [-0.25, -0.2) is 4.79 Å². The van der Waals surface area contributed by atoms with E-state index < -0.39 is 18.1 Å². The zero-order valence-electron chi connectivity index (χ0n) is 42.3. The van der Waals surface area contributed by atoms with Gasteiger partial charge in [-0.3, -0.25) is 9.59 Å². The number of carbonyl (C=O) groups excluding carboxylic acids is 2. The van der Waals surface area contributed by atoms with E-state index in [0.717, 1.165) is 64.2 Å². The van der Waals surface area contributed by atoms with E-state index in [2.05, 4.69) is 38.2 Å². The van der Waals surface area contributed by atoms with E-state index in [-0.39, 0.29) is 36.2 Å². The number of rotatable bonds is 49. The van der Waals surface area contributed by atoms with Crippen molar-refractivity contribution in [2.75, 3.05) is 41.0 Å². The number of esters is 2. The lowest BCUT2D eigenvalue weighted by molar-refractivity contribution is -0.887. The number of hydrogen-bond donors (Lipinski definition) is 1. The summed E-state index contributed by atoms with van der Waals surface area (Å²) in [4.78, 5) is 37.2. The van der Waals surface area contributed by atoms with Crippen molar-refractivity contribution in [2.24, 2.45) is 0 Å². The summed E-state index contributed by atoms with van der Waals surface area (Å²) < 4.78 is 17.4. The maximum atomic E-state index is 12.8. The summed E-state index contributed by atoms with van der Waals surface area (Å²) in [5.41, 5.74) is 0. The Morgan fingerprint density at radius 2 is 0.841 bits per heavy atom. The molecule has 0 saturated heterocycles. The molecule has 0 amide bonds. The van der Waals surface area contributed by atoms with Crippen LogP contribution in [0.1, 0.15) is 258 Å². The lowest BCUT2D eigenvalue weighted by Crippen LogP contribution is -2.50. The summed E-state index contributed by atoms with van der Waals surface area (Å²) >= 11 is 0. The van der Waals surface area contributed by atoms with Gasteiger partial charge in [0.05, 0.1) is 34.4 Å². The highest BCUT2D eigenvalue weighted by atomic mass is 16.6. The molecule has 1 N–H and O–H groups in total. The van der Waals surface area contributed by atoms with Gasteiger partial charge in [0.2, 0.25) is 0 Å². The fraction of sp³-hybridized carbons (Fsp3) is 0.873. The molecule has 0 aliphatic rings. The minimum atomic E-state index is -0.874. The van der Waals surface area contributed by atoms with Crippen LogP contribution in [-0.2, 0) is 28.6 Å². The lowest BCUT2D eigenvalue weighted by atomic mass is 10.0. The first-order valence-corrected chi connectivity index (χ1v) is 26.9. The van der Waals surface area contributed by atoms with Crippen molar-refractivity contribution in [3.63, 3.8) is 0 Å². The number of carbonyl (C=O) groups is 3. The second-order valence-corrected chi connectivity index (χ2v) is 19.5. The van der Waals surface area contributed by atoms with E-state index in [0.29, 0.717) is 19.3 Å². The molecule has 0 saturated carbocycles. The topological polar surface area (TPSA) is 99.1 Å². The first-order chi connectivity index (χ1) is 30.6. The number of likely N-dealkylation sites (N-methyl/N-ethyl adjacent to an activating group) is 1. The Morgan fingerprint density at radius 3 is 1.24 bits per heavy atom. The number of nitrogens with zero attached hydrogens (tertiary/aromatic N) is 1. The number of allylic oxidation sites excluding steroid dienone is 4. The molecule has 0 spiro atoms. The van der Waals surface area contributed by atoms with Crippen LogP contribution in [0.25, 0.3) is 0 Å². The Balaban J connectivity index is 4.16. The molecule has 0 rings (SSSR count). The van der Waals surface area contributed by atoms with Gasteiger partial charge in [0.25, 0.3) is 0 Å². The van der Waals surface area contributed by atoms with E-state index in [9.17, 15) is 19.5 Å². The van der Waals surface area contributed by atoms with Crippen molar-refractivity contribution in [1.82, 2.24) is 0 Å². The molecule has 0 fully saturated rings. The van der Waals surface area contributed by atoms with Gasteiger partial charge in [-0.1, -0.05) is 218 Å². The molecule has 0 aliphatic carbocycles. The van der Waals surface area contributed by atoms with Crippen LogP contribution in [0.5, 0.6) is 0 Å². The third kappa shape index (κ3) is 44.8. The highest BCUT2D eigenvalue weighted by Gasteiger charge is 2.31. The highest BCUT2D eigenvalue weighted by Crippen LogP contribution is 2.17. The Hall–Kier alpha value is -2.19. The van der Waals surface area contributed by atoms with E-state index in [1.807, 2.05) is 21.1 Å². The molecule has 8 nitrogen and oxygen atoms in total. The third-order valence-electron chi connectivity index (χ3n) is 12.4. The molecule has 2 atom stereocenters. The summed E-state index contributed by atoms with van der Waals surface area (Å²) in [5.74, 6) is -1.47. The van der Waals surface area contributed by atoms with Crippen molar-refractivity contribution < 1.29 is 38.2 Å². The summed E-state index contributed by atoms with van der Waals surface area (Å²) in [6.07, 6.45) is 53.8. The number of ether oxygens (including phenoxy) is 3. The number of quaternary nitrogens is 1. The van der Waals surface area contributed by atoms with Crippen molar-refractivity contribution >= 4 is 17.9 Å². The smallest absolute Gasteiger partial charge is 0.362 e. The molecule has 0 aromatic rings. The highest BCUT2D eigenvalue weighted by molar-refractivity contribution is 5.72. The molecule has 63 heavy (non-hydrogen) atoms. The zero-order valence-corrected chi connectivity index (χ0v) is 42.3. The Bertz CT molecular complexity index is 1080. The summed E-state index contributed by atoms with van der Waals surface area (Å²) in [5, 5.41) is 9.65. The maximum absolute atomic E-state index is 12.8. The van der Waals surface area contributed by atoms with Crippen LogP contribution in [-0.4, -0.2) is 80.6 Å². The second kappa shape index (κ2) is 46.3. The lowest BCUT2D eigenvalue weighted by Gasteiger charge is -2.31. The fourth-order valence-electron chi connectivity index (χ4n) is 8.18. The van der Waals surface area contributed by atoms with E-state index in [1.54, 1.807) is 0 Å². The van der Waals surface area contributed by atoms with Gasteiger partial charge >= 0.3 is 17.9 Å². The van der Waals surface area contributed by atoms with E-state index in [4.69, 9.17) is 14.2 Å². The van der Waals surface area contributed by atoms with Crippen LogP contribution in [0.2, 0.25) is 0 Å². The first-order valence-electron chi connectivity index (χ1n) is 26.9. The van der Waals surface area contributed by atoms with Crippen molar-refractivity contribution in [1.29, 1.82) is 0 Å². The molecule has 8 heteroatoms. The summed E-state index contributed by atoms with van der Waals surface area (Å²) in [6.45, 7) is 4.75. The van der Waals surface area contributed by atoms with Crippen LogP contribution in [0.15, 0.2) is 24.3 Å². The van der Waals surface area contributed by atoms with Crippen LogP contribution >= 0.6 is 0 Å². The second-order valence-electron chi connectivity index (χ2n) is 19.5. The number of unbranched alkanes of at least 4 members (excludes halogenated alkanes) is 31. The van der Waals surface area contributed by atoms with Crippen molar-refractivity contribution in [2.45, 2.75) is 270 Å². The number of carboxylic acids is 1. The number of hydrogen-bond acceptors (Lipinski definition) is 6. The van der Waals surface area contributed by atoms with E-state index >= 15 is 0 Å². The number of carboxylic acid groups (broad SMARTS) is 1. The van der Waals surface area contributed by atoms with Crippen LogP contribution in [0.3, 0.4) is 0 Å². The quantitative estimate of drug-likeness (QED) is 0.0281. The molecule has 370 valence electrons. The first kappa shape index (κ1) is 60.8. The Labute approximate surface area is 390 Å². The minimum absolute atomic E-state index is 0.0517. The standard InChI is InChI=1S/C55H103NO7/c1-6-8-10-12-14-16-18-20-22-24-25-26-27-28-29-30-32-33-35-37-39-41-43-45-53(57)62-50-51(49-61-48-47-52(55(59)60)56(3,4)5)63-54(58)46-44-42-40-38-36-34-31-23-21-19-17-15-13-11-9-7-2/h17,19,23,31,51-52H,6-16,18,20-22,24-30,32-50H2,1-5H3/p+1/b19-17-,31-23-. The largest absolute Gasteiger partial charge is 0.477 e. The van der Waals surface area contributed by atoms with Gasteiger partial charge in [0.1, 0.15) is 6.61 Å². The molecule has 0 aromatic carbocycles. The van der Waals surface area contributed by atoms with Gasteiger partial charge in [-0.2, -0.15) is 0 Å². The average molecular weight is 891 g/mol. The third-order valence-corrected chi connectivity index (χ3v) is 12.4. The van der Waals surface area contributed by atoms with Crippen LogP contribution in [0, 0.1) is 0 Å². The van der Waals surface area contributed by atoms with Crippen LogP contribution < -0.4 is 0 Å². The monoisotopic (exact) mass is 891 g/mol. The molecule has 0 aromatic heterocycles. The molecule has 0 heterocycles. The Morgan fingerprint density at radius 1 is 0.476 bits per heavy atom. The summed E-state index contributed by atoms with van der Waals surface area (Å²) in [6, 6.07) is -0.615. The fourth-order valence-corrected chi connectivity index (χ4v) is 8.18. The molecule has 0 radical (unpaired) electrons. The molecular formula is C55H104NO7+. The van der Waals surface area contributed by atoms with Gasteiger partial charge in [-0.15, -0.1) is 0 Å². The number of aliphatic carboxylic acids is 1. The van der Waals surface area contributed by atoms with Gasteiger partial charge in [-0.05, 0) is 44.9 Å². The normalized spacial score (nSPS) is 13.0. The SMILES string of the molecule is CCCCCC/C=C\C/C=C\CCCCCCCC(=O)OC(COCCC(C(=O)O)[N+](C)(C)C)COC(=O)CCCCCCCCCCCCCCCCCCCCCCCCC. The molecule has 0 aliphatic heterocycles. The summed E-state index contributed by atoms with van der Waals surface area (Å²) in [7, 11) is 5.54. The molecular weight excluding hydrogens is 787 g/mol. The molecule has 0 bridgehead atoms. The Kier molecular flexibility index (Phi) is 44.7. The van der Waals surface area contributed by atoms with Gasteiger partial charge in [0.15, 0.2) is 12.1 Å². The molecule has 2 unspecified atom stereocenters. The van der Waals surface area contributed by atoms with Crippen LogP contribution in [0.4, 0.5) is 0 Å². The van der Waals surface area contributed by atoms with Crippen molar-refractivity contribution in [3.8, 4) is 0 Å². The van der Waals surface area contributed by atoms with Crippen molar-refractivity contribution in [3.05, 3.63) is 24.3 Å². The zero-order chi connectivity index (χ0) is 46.3. The van der Waals surface area contributed by atoms with Gasteiger partial charge in [0, 0.05) is 19.3 Å². The van der Waals surface area contributed by atoms with Gasteiger partial charge < -0.3 is 23.8 Å². The predicted octanol–water partition coefficient (Wildman–Crippen LogP) is 15.6. The average Bonchev–Trinajstić information content (AvgIpc) is 3.24. The minimum Gasteiger partial charge on any atom is -0.477 e.